The summed E-state index contributed by atoms with van der Waals surface area (Å²) in [7, 11) is 0. The lowest BCUT2D eigenvalue weighted by atomic mass is 10.1. The van der Waals surface area contributed by atoms with Crippen LogP contribution in [0.2, 0.25) is 10.0 Å². The maximum Gasteiger partial charge on any atom is 0.259 e. The van der Waals surface area contributed by atoms with Crippen LogP contribution in [0.3, 0.4) is 0 Å². The van der Waals surface area contributed by atoms with E-state index in [0.717, 1.165) is 25.0 Å². The van der Waals surface area contributed by atoms with Gasteiger partial charge in [-0.1, -0.05) is 59.6 Å². The van der Waals surface area contributed by atoms with E-state index in [0.29, 0.717) is 23.1 Å². The van der Waals surface area contributed by atoms with E-state index in [9.17, 15) is 28.8 Å². The van der Waals surface area contributed by atoms with E-state index >= 15 is 0 Å². The van der Waals surface area contributed by atoms with E-state index in [1.807, 2.05) is 0 Å². The van der Waals surface area contributed by atoms with Gasteiger partial charge in [0.2, 0.25) is 12.1 Å². The number of nitrogens with one attached hydrogen (secondary N) is 4. The third kappa shape index (κ3) is 13.2. The fraction of sp³-hybridized carbons (Fsp3) is 0.217. The van der Waals surface area contributed by atoms with Crippen molar-refractivity contribution in [1.29, 1.82) is 0 Å². The van der Waals surface area contributed by atoms with Crippen LogP contribution >= 0.6 is 46.4 Å². The molecule has 0 radical (unpaired) electrons. The Bertz CT molecular complexity index is 2650. The molecule has 0 spiro atoms. The maximum atomic E-state index is 13.7. The fourth-order valence-electron chi connectivity index (χ4n) is 5.90. The summed E-state index contributed by atoms with van der Waals surface area (Å²) in [5.74, 6) is -3.58. The summed E-state index contributed by atoms with van der Waals surface area (Å²) >= 11 is 24.8. The van der Waals surface area contributed by atoms with Crippen LogP contribution in [0, 0.1) is 0 Å². The van der Waals surface area contributed by atoms with Crippen molar-refractivity contribution in [3.8, 4) is 11.5 Å². The van der Waals surface area contributed by atoms with E-state index in [1.54, 1.807) is 62.4 Å². The number of ether oxygens (including phenoxy) is 2. The largest absolute Gasteiger partial charge is 0.491 e. The first-order valence-electron chi connectivity index (χ1n) is 20.0. The molecule has 0 aliphatic rings. The smallest absolute Gasteiger partial charge is 0.259 e. The van der Waals surface area contributed by atoms with E-state index < -0.39 is 47.3 Å². The van der Waals surface area contributed by atoms with E-state index in [-0.39, 0.29) is 68.6 Å². The summed E-state index contributed by atoms with van der Waals surface area (Å²) in [6.07, 6.45) is 0. The van der Waals surface area contributed by atoms with Gasteiger partial charge in [-0.2, -0.15) is 20.5 Å². The van der Waals surface area contributed by atoms with Crippen LogP contribution in [0.5, 0.6) is 11.5 Å². The third-order valence-corrected chi connectivity index (χ3v) is 10.6. The normalized spacial score (nSPS) is 12.0. The van der Waals surface area contributed by atoms with Crippen LogP contribution in [0.4, 0.5) is 34.1 Å². The zero-order valence-electron chi connectivity index (χ0n) is 35.8. The third-order valence-electron chi connectivity index (χ3n) is 9.19. The SMILES string of the molecule is CCOc1cc(NC(=O)C(N=Nc2cccc(C(=O)Nc3ccc(CCl)cc3)c2Cl)C(C)=O)cc(OCC)c1NC(=O)C(N=Nc1cccc(C(=O)Nc2ccc(CCl)cc2)c1Cl)C(C)=O. The molecule has 66 heavy (non-hydrogen) atoms. The summed E-state index contributed by atoms with van der Waals surface area (Å²) in [5.41, 5.74) is 2.97. The molecular formula is C46H42Cl4N8O8. The molecule has 5 rings (SSSR count). The molecule has 342 valence electrons. The first-order valence-corrected chi connectivity index (χ1v) is 21.9. The number of anilines is 4. The minimum absolute atomic E-state index is 0.00688. The minimum Gasteiger partial charge on any atom is -0.491 e. The van der Waals surface area contributed by atoms with Crippen LogP contribution in [-0.4, -0.2) is 60.5 Å². The number of hydrogen-bond donors (Lipinski definition) is 4. The van der Waals surface area contributed by atoms with Gasteiger partial charge < -0.3 is 30.7 Å². The van der Waals surface area contributed by atoms with E-state index in [1.165, 1.54) is 48.5 Å². The van der Waals surface area contributed by atoms with Gasteiger partial charge in [0.05, 0.1) is 34.4 Å². The standard InChI is InChI=1S/C46H42Cl4N8O8/c1-5-65-36-21-31(53-45(63)40(25(3)59)57-55-34-11-7-9-32(38(34)49)43(61)51-29-17-13-27(23-47)14-18-29)22-37(66-6-2)42(36)54-46(64)41(26(4)60)58-56-35-12-8-10-33(39(35)50)44(62)52-30-19-15-28(24-48)16-20-30/h7-22,40-41H,5-6,23-24H2,1-4H3,(H,51,61)(H,52,62)(H,53,63)(H,54,64). The van der Waals surface area contributed by atoms with Crippen molar-refractivity contribution in [2.24, 2.45) is 20.5 Å². The summed E-state index contributed by atoms with van der Waals surface area (Å²) in [4.78, 5) is 79.0. The number of ketones is 2. The number of rotatable bonds is 20. The molecule has 0 heterocycles. The van der Waals surface area contributed by atoms with Gasteiger partial charge >= 0.3 is 0 Å². The molecule has 2 atom stereocenters. The van der Waals surface area contributed by atoms with Gasteiger partial charge in [-0.3, -0.25) is 28.8 Å². The van der Waals surface area contributed by atoms with Crippen LogP contribution in [0.1, 0.15) is 59.5 Å². The van der Waals surface area contributed by atoms with Gasteiger partial charge in [0.15, 0.2) is 11.6 Å². The molecule has 4 N–H and O–H groups in total. The Kier molecular flexibility index (Phi) is 18.3. The van der Waals surface area contributed by atoms with Gasteiger partial charge in [-0.15, -0.1) is 23.2 Å². The van der Waals surface area contributed by atoms with E-state index in [2.05, 4.69) is 41.7 Å². The predicted octanol–water partition coefficient (Wildman–Crippen LogP) is 11.1. The number of halogens is 4. The number of nitrogens with zero attached hydrogens (tertiary/aromatic N) is 4. The molecule has 0 aromatic heterocycles. The number of alkyl halides is 2. The molecule has 0 aliphatic heterocycles. The molecule has 16 nitrogen and oxygen atoms in total. The van der Waals surface area contributed by atoms with Crippen molar-refractivity contribution in [1.82, 2.24) is 0 Å². The molecule has 0 saturated carbocycles. The van der Waals surface area contributed by atoms with Gasteiger partial charge in [0, 0.05) is 41.0 Å². The molecular weight excluding hydrogens is 934 g/mol. The second-order valence-electron chi connectivity index (χ2n) is 14.0. The van der Waals surface area contributed by atoms with Gasteiger partial charge in [-0.05, 0) is 87.4 Å². The molecule has 0 fully saturated rings. The van der Waals surface area contributed by atoms with Crippen molar-refractivity contribution in [3.63, 3.8) is 0 Å². The quantitative estimate of drug-likeness (QED) is 0.0333. The summed E-state index contributed by atoms with van der Waals surface area (Å²) in [5, 5.41) is 26.7. The first kappa shape index (κ1) is 50.3. The zero-order valence-corrected chi connectivity index (χ0v) is 38.8. The summed E-state index contributed by atoms with van der Waals surface area (Å²) < 4.78 is 11.6. The molecule has 5 aromatic rings. The van der Waals surface area contributed by atoms with Gasteiger partial charge in [0.1, 0.15) is 28.6 Å². The topological polar surface area (TPSA) is 218 Å². The Morgan fingerprint density at radius 3 is 1.30 bits per heavy atom. The highest BCUT2D eigenvalue weighted by Gasteiger charge is 2.29. The number of amides is 4. The lowest BCUT2D eigenvalue weighted by molar-refractivity contribution is -0.127. The number of Topliss-reactive ketones (excluding diaryl/α,β-unsaturated/α-hetero) is 2. The Hall–Kier alpha value is -6.72. The highest BCUT2D eigenvalue weighted by molar-refractivity contribution is 6.37. The minimum atomic E-state index is -1.69. The summed E-state index contributed by atoms with van der Waals surface area (Å²) in [6, 6.07) is 22.1. The monoisotopic (exact) mass is 974 g/mol. The molecule has 0 aliphatic carbocycles. The number of benzene rings is 5. The molecule has 2 unspecified atom stereocenters. The van der Waals surface area contributed by atoms with Gasteiger partial charge in [0.25, 0.3) is 23.6 Å². The molecule has 20 heteroatoms. The summed E-state index contributed by atoms with van der Waals surface area (Å²) in [6.45, 7) is 5.82. The van der Waals surface area contributed by atoms with Crippen LogP contribution < -0.4 is 30.7 Å². The number of hydrogen-bond acceptors (Lipinski definition) is 12. The van der Waals surface area contributed by atoms with Crippen molar-refractivity contribution in [2.45, 2.75) is 51.5 Å². The lowest BCUT2D eigenvalue weighted by Gasteiger charge is -2.19. The second-order valence-corrected chi connectivity index (χ2v) is 15.3. The number of azo groups is 2. The molecule has 0 bridgehead atoms. The zero-order chi connectivity index (χ0) is 47.9. The second kappa shape index (κ2) is 24.0. The highest BCUT2D eigenvalue weighted by Crippen LogP contribution is 2.39. The number of carbonyl (C=O) groups excluding carboxylic acids is 6. The molecule has 0 saturated heterocycles. The van der Waals surface area contributed by atoms with Crippen molar-refractivity contribution >= 4 is 116 Å². The van der Waals surface area contributed by atoms with Gasteiger partial charge in [-0.25, -0.2) is 0 Å². The van der Waals surface area contributed by atoms with Crippen molar-refractivity contribution in [2.75, 3.05) is 34.5 Å². The maximum absolute atomic E-state index is 13.7. The van der Waals surface area contributed by atoms with Crippen molar-refractivity contribution in [3.05, 3.63) is 129 Å². The highest BCUT2D eigenvalue weighted by atomic mass is 35.5. The van der Waals surface area contributed by atoms with Crippen LogP contribution in [0.15, 0.2) is 118 Å². The first-order chi connectivity index (χ1) is 31.7. The average Bonchev–Trinajstić information content (AvgIpc) is 3.29. The Balaban J connectivity index is 1.34. The van der Waals surface area contributed by atoms with Crippen LogP contribution in [-0.2, 0) is 30.9 Å². The Morgan fingerprint density at radius 2 is 0.939 bits per heavy atom. The fourth-order valence-corrected chi connectivity index (χ4v) is 6.75. The molecule has 5 aromatic carbocycles. The van der Waals surface area contributed by atoms with E-state index in [4.69, 9.17) is 55.9 Å². The Labute approximate surface area is 399 Å². The Morgan fingerprint density at radius 1 is 0.545 bits per heavy atom. The van der Waals surface area contributed by atoms with Crippen molar-refractivity contribution < 1.29 is 38.2 Å². The van der Waals surface area contributed by atoms with Crippen LogP contribution in [0.25, 0.3) is 0 Å². The lowest BCUT2D eigenvalue weighted by Crippen LogP contribution is -2.32. The number of carbonyl (C=O) groups is 6. The average molecular weight is 977 g/mol. The predicted molar refractivity (Wildman–Crippen MR) is 255 cm³/mol. The molecule has 4 amide bonds.